The van der Waals surface area contributed by atoms with Crippen molar-refractivity contribution in [3.8, 4) is 0 Å². The summed E-state index contributed by atoms with van der Waals surface area (Å²) in [5.41, 5.74) is 6.02. The van der Waals surface area contributed by atoms with Gasteiger partial charge in [-0.05, 0) is 33.1 Å². The van der Waals surface area contributed by atoms with Crippen LogP contribution in [0.15, 0.2) is 85.1 Å². The van der Waals surface area contributed by atoms with Gasteiger partial charge < -0.3 is 80.9 Å². The minimum atomic E-state index is -2.33. The minimum Gasteiger partial charge on any atom is -0.481 e. The van der Waals surface area contributed by atoms with Crippen LogP contribution in [0.1, 0.15) is 79.1 Å². The van der Waals surface area contributed by atoms with E-state index in [0.29, 0.717) is 0 Å². The zero-order valence-electron chi connectivity index (χ0n) is 37.6. The van der Waals surface area contributed by atoms with E-state index in [4.69, 9.17) is 24.7 Å². The number of ether oxygens (including phenoxy) is 4. The van der Waals surface area contributed by atoms with E-state index in [1.807, 2.05) is 19.1 Å². The Kier molecular flexibility index (Phi) is 23.6. The fourth-order valence-electron chi connectivity index (χ4n) is 7.97. The van der Waals surface area contributed by atoms with Gasteiger partial charge in [-0.3, -0.25) is 9.59 Å². The van der Waals surface area contributed by atoms with E-state index in [9.17, 15) is 65.8 Å². The number of aliphatic carboxylic acids is 1. The molecule has 19 atom stereocenters. The average Bonchev–Trinajstić information content (AvgIpc) is 3.21. The molecule has 368 valence electrons. The molecule has 0 saturated carbocycles. The topological polar surface area (TPSA) is 320 Å². The summed E-state index contributed by atoms with van der Waals surface area (Å²) in [4.78, 5) is 25.1. The smallest absolute Gasteiger partial charge is 0.311 e. The van der Waals surface area contributed by atoms with Crippen molar-refractivity contribution in [3.63, 3.8) is 0 Å². The maximum Gasteiger partial charge on any atom is 0.311 e. The molecule has 18 nitrogen and oxygen atoms in total. The van der Waals surface area contributed by atoms with Gasteiger partial charge >= 0.3 is 11.9 Å². The Hall–Kier alpha value is -3.44. The lowest BCUT2D eigenvalue weighted by Gasteiger charge is -2.45. The van der Waals surface area contributed by atoms with Gasteiger partial charge in [0.25, 0.3) is 0 Å². The summed E-state index contributed by atoms with van der Waals surface area (Å²) in [5, 5.41) is 118. The predicted octanol–water partition coefficient (Wildman–Crippen LogP) is 0.712. The van der Waals surface area contributed by atoms with E-state index in [1.165, 1.54) is 13.0 Å². The largest absolute Gasteiger partial charge is 0.481 e. The van der Waals surface area contributed by atoms with E-state index in [0.717, 1.165) is 0 Å². The van der Waals surface area contributed by atoms with Crippen LogP contribution in [0.3, 0.4) is 0 Å². The van der Waals surface area contributed by atoms with E-state index < -0.39 is 147 Å². The van der Waals surface area contributed by atoms with Gasteiger partial charge in [-0.25, -0.2) is 0 Å². The van der Waals surface area contributed by atoms with Crippen molar-refractivity contribution in [2.24, 2.45) is 23.5 Å². The van der Waals surface area contributed by atoms with Crippen LogP contribution in [0, 0.1) is 17.8 Å². The van der Waals surface area contributed by atoms with E-state index in [1.54, 1.807) is 80.7 Å². The molecule has 0 unspecified atom stereocenters. The Morgan fingerprint density at radius 3 is 1.82 bits per heavy atom. The molecule has 18 heteroatoms. The highest BCUT2D eigenvalue weighted by molar-refractivity contribution is 5.71. The number of aliphatic hydroxyl groups excluding tert-OH is 9. The third-order valence-corrected chi connectivity index (χ3v) is 12.0. The predicted molar refractivity (Wildman–Crippen MR) is 237 cm³/mol. The standard InChI is InChI=1S/C47H73NO17/c1-27-17-15-13-11-9-7-5-6-8-10-12-14-16-18-34(64-46-44(58)41(48)43(57)30(4)63-46)24-38-40(45(59)60)37(54)26-47(61,65-38)25-33(51)22-36(53)35(52)20-19-31(49)21-32(50)23-39(55)62-29(3)28(2)42(27)56/h5-18,27-38,40-44,46,49-54,56-58,61H,19-26,48H2,1-4H3,(H,59,60)/b6-5+,9-7+,10-8+,13-11+,14-12+,17-15+,18-16+/t27-,28-,29-,30-,31+,32+,33-,34-,35+,36+,37-,38-,40+,41-,42+,43+,44-,46-,47+/m0/s1/i1+1,2+1,3+1,5+1,6+1,7+1,8+1,9+1,10+1,11+1,12+1,13+1,14+1,15+1,16+1,17+1,18+1,19+1,20+1,21+1,22+1,23+1,24+1,25+1,26+1,27+1,28+1,29+1,31+1,32+1,33+1,34+1,35+1,36+1,37+1,38+1,39+1,40+1,42+1,45+1,47+1. The second-order valence-electron chi connectivity index (χ2n) is 17.6. The number of esters is 1. The summed E-state index contributed by atoms with van der Waals surface area (Å²) < 4.78 is 23.1. The van der Waals surface area contributed by atoms with Crippen LogP contribution in [-0.4, -0.2) is 166 Å². The first-order valence-electron chi connectivity index (χ1n) is 22.3. The normalized spacial score (nSPS) is 45.5. The molecule has 0 radical (unpaired) electrons. The molecule has 2 fully saturated rings. The van der Waals surface area contributed by atoms with Crippen molar-refractivity contribution in [1.82, 2.24) is 0 Å². The molecule has 3 heterocycles. The number of fused-ring (bicyclic) bond motifs is 2. The van der Waals surface area contributed by atoms with Crippen LogP contribution in [0.25, 0.3) is 0 Å². The van der Waals surface area contributed by atoms with Crippen molar-refractivity contribution >= 4 is 11.9 Å². The maximum absolute atomic E-state index is 12.6. The molecular formula is C47H73NO17. The molecule has 3 aliphatic rings. The Bertz CT molecular complexity index is 1670. The second-order valence-corrected chi connectivity index (χ2v) is 17.6. The molecule has 2 bridgehead atoms. The van der Waals surface area contributed by atoms with Gasteiger partial charge in [-0.1, -0.05) is 98.9 Å². The molecule has 3 rings (SSSR count). The van der Waals surface area contributed by atoms with Gasteiger partial charge in [0.15, 0.2) is 12.1 Å². The highest BCUT2D eigenvalue weighted by atomic mass is 16.8. The Morgan fingerprint density at radius 2 is 1.23 bits per heavy atom. The fraction of sp³-hybridized carbons (Fsp3) is 0.660. The van der Waals surface area contributed by atoms with Crippen LogP contribution in [0.2, 0.25) is 0 Å². The van der Waals surface area contributed by atoms with Crippen molar-refractivity contribution < 1.29 is 84.7 Å². The molecule has 13 N–H and O–H groups in total. The lowest BCUT2D eigenvalue weighted by Crippen LogP contribution is -2.61. The van der Waals surface area contributed by atoms with E-state index in [-0.39, 0.29) is 31.6 Å². The van der Waals surface area contributed by atoms with Crippen LogP contribution in [0.4, 0.5) is 0 Å². The van der Waals surface area contributed by atoms with Gasteiger partial charge in [-0.15, -0.1) is 0 Å². The maximum atomic E-state index is 12.6. The number of carboxylic acid groups (broad SMARTS) is 1. The first-order chi connectivity index (χ1) is 30.6. The zero-order valence-corrected chi connectivity index (χ0v) is 37.6. The van der Waals surface area contributed by atoms with Gasteiger partial charge in [-0.2, -0.15) is 0 Å². The number of allylic oxidation sites excluding steroid dienone is 12. The van der Waals surface area contributed by atoms with Crippen LogP contribution in [0.5, 0.6) is 0 Å². The number of nitrogens with two attached hydrogens (primary N) is 1. The second kappa shape index (κ2) is 27.4. The third-order valence-electron chi connectivity index (χ3n) is 12.0. The zero-order chi connectivity index (χ0) is 48.4. The van der Waals surface area contributed by atoms with E-state index in [2.05, 4.69) is 0 Å². The van der Waals surface area contributed by atoms with Crippen LogP contribution in [-0.2, 0) is 28.5 Å². The molecule has 0 amide bonds. The highest BCUT2D eigenvalue weighted by Crippen LogP contribution is 2.38. The van der Waals surface area contributed by atoms with Gasteiger partial charge in [0.1, 0.15) is 18.1 Å². The molecule has 0 aromatic heterocycles. The highest BCUT2D eigenvalue weighted by Gasteiger charge is 2.51. The number of hydrogen-bond acceptors (Lipinski definition) is 17. The number of aliphatic hydroxyl groups is 10. The molecule has 0 spiro atoms. The minimum absolute atomic E-state index is 0.107. The van der Waals surface area contributed by atoms with Crippen molar-refractivity contribution in [2.45, 2.75) is 177 Å². The molecule has 0 aromatic carbocycles. The monoisotopic (exact) mass is 965 g/mol. The molecule has 3 aliphatic heterocycles. The number of carboxylic acids is 1. The third kappa shape index (κ3) is 18.6. The van der Waals surface area contributed by atoms with Crippen LogP contribution >= 0.6 is 0 Å². The number of carbonyl (C=O) groups excluding carboxylic acids is 1. The first kappa shape index (κ1) is 55.9. The Labute approximate surface area is 381 Å². The number of carbonyl (C=O) groups is 2. The summed E-state index contributed by atoms with van der Waals surface area (Å²) in [6, 6.07) is -1.15. The van der Waals surface area contributed by atoms with Gasteiger partial charge in [0.05, 0.1) is 79.6 Å². The summed E-state index contributed by atoms with van der Waals surface area (Å²) >= 11 is 0. The quantitative estimate of drug-likeness (QED) is 0.137. The SMILES string of the molecule is C[C@@H]1O[C@@H](O[13C@H]2/[13CH]=[13CH]/[13CH]=[13CH]/[13CH]=[13CH]/[13CH]=[13CH]/[13CH]=[13CH]/[13CH]=[13CH]/[13CH]=[13CH]/[13C@H]([13CH3])[13C@@H](O)[13C@@H]([13CH3])[13C@H]([13CH3])O[13C](=O)[13CH2][13C@H](O)[13CH2][13C@H](O)[13CH2][13CH2][13C@@H](O)[13C@H](O)[13CH2][13C@H](O)[13CH2][13C@]3(O)[13CH2][13C@H](O)[13C@@H]([13C](=O)O)[13C@H]([13CH2]2)O3)[C@@H](O)[C@@H](N)[C@@H]1O. The average molecular weight is 965 g/mol. The van der Waals surface area contributed by atoms with Crippen molar-refractivity contribution in [1.29, 1.82) is 0 Å². The summed E-state index contributed by atoms with van der Waals surface area (Å²) in [6.07, 6.45) is 3.46. The lowest BCUT2D eigenvalue weighted by molar-refractivity contribution is -0.308. The van der Waals surface area contributed by atoms with E-state index >= 15 is 0 Å². The summed E-state index contributed by atoms with van der Waals surface area (Å²) in [5.74, 6) is -6.83. The molecule has 0 aromatic rings. The van der Waals surface area contributed by atoms with Crippen molar-refractivity contribution in [3.05, 3.63) is 85.1 Å². The summed E-state index contributed by atoms with van der Waals surface area (Å²) in [7, 11) is 0. The Morgan fingerprint density at radius 1 is 0.662 bits per heavy atom. The van der Waals surface area contributed by atoms with Crippen molar-refractivity contribution in [2.75, 3.05) is 0 Å². The lowest BCUT2D eigenvalue weighted by atomic mass is 9.98. The summed E-state index contributed by atoms with van der Waals surface area (Å²) in [6.45, 7) is 6.74. The fourth-order valence-corrected chi connectivity index (χ4v) is 7.97. The number of rotatable bonds is 3. The van der Waals surface area contributed by atoms with Crippen LogP contribution < -0.4 is 5.73 Å². The number of cyclic esters (lactones) is 1. The molecule has 65 heavy (non-hydrogen) atoms. The number of hydrogen-bond donors (Lipinski definition) is 12. The molecular weight excluding hydrogens is 891 g/mol. The molecule has 2 saturated heterocycles. The Balaban J connectivity index is 1.86. The first-order valence-corrected chi connectivity index (χ1v) is 22.3. The molecule has 0 aliphatic carbocycles. The van der Waals surface area contributed by atoms with Gasteiger partial charge in [0, 0.05) is 37.5 Å². The van der Waals surface area contributed by atoms with Gasteiger partial charge in [0.2, 0.25) is 0 Å².